The second kappa shape index (κ2) is 7.08. The van der Waals surface area contributed by atoms with Gasteiger partial charge in [-0.3, -0.25) is 9.55 Å². The number of fused-ring (bicyclic) bond motifs is 3. The maximum absolute atomic E-state index is 6.18. The molecule has 0 aliphatic rings. The third kappa shape index (κ3) is 3.11. The lowest BCUT2D eigenvalue weighted by Crippen LogP contribution is -2.05. The molecule has 2 N–H and O–H groups in total. The molecule has 0 aliphatic carbocycles. The van der Waals surface area contributed by atoms with E-state index in [2.05, 4.69) is 15.0 Å². The van der Waals surface area contributed by atoms with Gasteiger partial charge in [-0.1, -0.05) is 0 Å². The summed E-state index contributed by atoms with van der Waals surface area (Å²) in [6.07, 6.45) is 6.92. The number of nitrogens with zero attached hydrogens (tertiary/aromatic N) is 4. The van der Waals surface area contributed by atoms with E-state index in [1.54, 1.807) is 32.9 Å². The fourth-order valence-corrected chi connectivity index (χ4v) is 2.96. The second-order valence-corrected chi connectivity index (χ2v) is 5.92. The molecule has 4 aromatic rings. The number of aromatic nitrogens is 4. The zero-order valence-electron chi connectivity index (χ0n) is 15.0. The first-order chi connectivity index (χ1) is 13.2. The van der Waals surface area contributed by atoms with Crippen molar-refractivity contribution < 1.29 is 14.2 Å². The number of benzene rings is 1. The lowest BCUT2D eigenvalue weighted by Gasteiger charge is -2.13. The van der Waals surface area contributed by atoms with E-state index in [1.807, 2.05) is 29.0 Å². The molecule has 8 heteroatoms. The fraction of sp³-hybridized carbons (Fsp3) is 0.211. The summed E-state index contributed by atoms with van der Waals surface area (Å²) in [5.74, 6) is 2.33. The van der Waals surface area contributed by atoms with E-state index in [9.17, 15) is 0 Å². The number of nitrogen functional groups attached to an aromatic ring is 1. The molecule has 3 aromatic heterocycles. The van der Waals surface area contributed by atoms with E-state index in [4.69, 9.17) is 19.9 Å². The lowest BCUT2D eigenvalue weighted by atomic mass is 10.1. The molecule has 0 saturated carbocycles. The molecular weight excluding hydrogens is 346 g/mol. The van der Waals surface area contributed by atoms with Crippen LogP contribution in [0.2, 0.25) is 0 Å². The van der Waals surface area contributed by atoms with Crippen molar-refractivity contribution in [2.75, 3.05) is 33.2 Å². The summed E-state index contributed by atoms with van der Waals surface area (Å²) in [6.45, 7) is 0.913. The molecule has 0 radical (unpaired) electrons. The Balaban J connectivity index is 1.91. The monoisotopic (exact) mass is 365 g/mol. The van der Waals surface area contributed by atoms with Crippen molar-refractivity contribution in [1.82, 2.24) is 19.5 Å². The minimum Gasteiger partial charge on any atom is -0.493 e. The highest BCUT2D eigenvalue weighted by atomic mass is 16.5. The zero-order valence-corrected chi connectivity index (χ0v) is 15.0. The smallest absolute Gasteiger partial charge is 0.163 e. The molecule has 0 bridgehead atoms. The van der Waals surface area contributed by atoms with E-state index >= 15 is 0 Å². The molecule has 8 nitrogen and oxygen atoms in total. The molecule has 0 atom stereocenters. The second-order valence-electron chi connectivity index (χ2n) is 5.92. The Morgan fingerprint density at radius 3 is 2.67 bits per heavy atom. The van der Waals surface area contributed by atoms with Gasteiger partial charge in [0.25, 0.3) is 0 Å². The van der Waals surface area contributed by atoms with Gasteiger partial charge in [0.05, 0.1) is 19.2 Å². The highest BCUT2D eigenvalue weighted by Gasteiger charge is 2.13. The van der Waals surface area contributed by atoms with Gasteiger partial charge < -0.3 is 19.9 Å². The summed E-state index contributed by atoms with van der Waals surface area (Å²) in [6, 6.07) is 5.73. The number of nitrogens with two attached hydrogens (primary N) is 1. The Bertz CT molecular complexity index is 1100. The van der Waals surface area contributed by atoms with E-state index in [1.165, 1.54) is 0 Å². The van der Waals surface area contributed by atoms with Crippen LogP contribution in [-0.2, 0) is 4.74 Å². The van der Waals surface area contributed by atoms with E-state index in [-0.39, 0.29) is 0 Å². The van der Waals surface area contributed by atoms with Crippen molar-refractivity contribution in [3.63, 3.8) is 0 Å². The molecule has 0 fully saturated rings. The molecule has 3 heterocycles. The summed E-state index contributed by atoms with van der Waals surface area (Å²) in [7, 11) is 3.24. The number of rotatable bonds is 6. The van der Waals surface area contributed by atoms with Gasteiger partial charge in [-0.05, 0) is 12.1 Å². The van der Waals surface area contributed by atoms with Crippen LogP contribution in [-0.4, -0.2) is 47.0 Å². The summed E-state index contributed by atoms with van der Waals surface area (Å²) in [5, 5.41) is 2.61. The normalized spacial score (nSPS) is 11.2. The van der Waals surface area contributed by atoms with Gasteiger partial charge in [-0.25, -0.2) is 9.97 Å². The summed E-state index contributed by atoms with van der Waals surface area (Å²) in [5.41, 5.74) is 6.96. The predicted octanol–water partition coefficient (Wildman–Crippen LogP) is 2.58. The van der Waals surface area contributed by atoms with Crippen molar-refractivity contribution in [2.45, 2.75) is 0 Å². The Morgan fingerprint density at radius 1 is 1.04 bits per heavy atom. The molecule has 138 valence electrons. The average Bonchev–Trinajstić information content (AvgIpc) is 3.22. The molecule has 27 heavy (non-hydrogen) atoms. The van der Waals surface area contributed by atoms with Gasteiger partial charge >= 0.3 is 0 Å². The maximum atomic E-state index is 6.18. The number of hydrogen-bond acceptors (Lipinski definition) is 7. The Labute approximate surface area is 155 Å². The van der Waals surface area contributed by atoms with Gasteiger partial charge in [-0.15, -0.1) is 0 Å². The van der Waals surface area contributed by atoms with Crippen molar-refractivity contribution in [3.8, 4) is 17.3 Å². The van der Waals surface area contributed by atoms with Crippen LogP contribution in [0.25, 0.3) is 27.5 Å². The summed E-state index contributed by atoms with van der Waals surface area (Å²) >= 11 is 0. The third-order valence-corrected chi connectivity index (χ3v) is 4.29. The molecule has 0 spiro atoms. The van der Waals surface area contributed by atoms with E-state index in [0.717, 1.165) is 21.7 Å². The minimum atomic E-state index is 0.407. The van der Waals surface area contributed by atoms with Crippen LogP contribution in [0.5, 0.6) is 11.5 Å². The number of hydrogen-bond donors (Lipinski definition) is 1. The highest BCUT2D eigenvalue weighted by Crippen LogP contribution is 2.36. The highest BCUT2D eigenvalue weighted by molar-refractivity contribution is 6.09. The van der Waals surface area contributed by atoms with Gasteiger partial charge in [0, 0.05) is 47.9 Å². The van der Waals surface area contributed by atoms with Gasteiger partial charge in [0.1, 0.15) is 24.6 Å². The minimum absolute atomic E-state index is 0.407. The zero-order chi connectivity index (χ0) is 18.8. The predicted molar refractivity (Wildman–Crippen MR) is 103 cm³/mol. The first-order valence-electron chi connectivity index (χ1n) is 8.38. The molecule has 0 aliphatic heterocycles. The quantitative estimate of drug-likeness (QED) is 0.414. The van der Waals surface area contributed by atoms with Crippen LogP contribution in [0.3, 0.4) is 0 Å². The molecule has 0 unspecified atom stereocenters. The third-order valence-electron chi connectivity index (χ3n) is 4.29. The van der Waals surface area contributed by atoms with Crippen LogP contribution in [0.1, 0.15) is 0 Å². The SMILES string of the molecule is COCCOc1cc2ncc3c(N)nc(-n4ccnc4)cc3c2cc1OC. The number of ether oxygens (including phenoxy) is 3. The molecule has 1 aromatic carbocycles. The van der Waals surface area contributed by atoms with E-state index in [0.29, 0.717) is 36.3 Å². The summed E-state index contributed by atoms with van der Waals surface area (Å²) < 4.78 is 18.1. The summed E-state index contributed by atoms with van der Waals surface area (Å²) in [4.78, 5) is 13.0. The first-order valence-corrected chi connectivity index (χ1v) is 8.38. The topological polar surface area (TPSA) is 97.3 Å². The number of pyridine rings is 2. The van der Waals surface area contributed by atoms with Crippen molar-refractivity contribution >= 4 is 27.5 Å². The van der Waals surface area contributed by atoms with Gasteiger partial charge in [-0.2, -0.15) is 0 Å². The van der Waals surface area contributed by atoms with E-state index < -0.39 is 0 Å². The van der Waals surface area contributed by atoms with Crippen LogP contribution in [0, 0.1) is 0 Å². The van der Waals surface area contributed by atoms with Gasteiger partial charge in [0.2, 0.25) is 0 Å². The molecule has 0 saturated heterocycles. The largest absolute Gasteiger partial charge is 0.493 e. The Morgan fingerprint density at radius 2 is 1.93 bits per heavy atom. The van der Waals surface area contributed by atoms with Crippen molar-refractivity contribution in [1.29, 1.82) is 0 Å². The Kier molecular flexibility index (Phi) is 4.47. The average molecular weight is 365 g/mol. The fourth-order valence-electron chi connectivity index (χ4n) is 2.96. The number of anilines is 1. The number of imidazole rings is 1. The standard InChI is InChI=1S/C19H19N5O3/c1-25-5-6-27-17-9-15-13(7-16(17)26-2)12-8-18(24-4-3-21-11-24)23-19(20)14(12)10-22-15/h3-4,7-11H,5-6H2,1-2H3,(H2,20,23). The molecular formula is C19H19N5O3. The lowest BCUT2D eigenvalue weighted by molar-refractivity contribution is 0.144. The van der Waals surface area contributed by atoms with Crippen LogP contribution in [0.15, 0.2) is 43.1 Å². The van der Waals surface area contributed by atoms with Crippen molar-refractivity contribution in [2.24, 2.45) is 0 Å². The van der Waals surface area contributed by atoms with Crippen LogP contribution >= 0.6 is 0 Å². The van der Waals surface area contributed by atoms with Crippen LogP contribution < -0.4 is 15.2 Å². The van der Waals surface area contributed by atoms with Crippen LogP contribution in [0.4, 0.5) is 5.82 Å². The Hall–Kier alpha value is -3.39. The molecule has 4 rings (SSSR count). The molecule has 0 amide bonds. The first kappa shape index (κ1) is 17.0. The van der Waals surface area contributed by atoms with Gasteiger partial charge in [0.15, 0.2) is 11.5 Å². The number of methoxy groups -OCH3 is 2. The van der Waals surface area contributed by atoms with Crippen molar-refractivity contribution in [3.05, 3.63) is 43.1 Å². The maximum Gasteiger partial charge on any atom is 0.163 e.